The number of aryl methyl sites for hydroxylation is 16. The van der Waals surface area contributed by atoms with Crippen molar-refractivity contribution in [3.05, 3.63) is 297 Å². The Morgan fingerprint density at radius 1 is 0.316 bits per heavy atom. The summed E-state index contributed by atoms with van der Waals surface area (Å²) in [5.41, 5.74) is 25.8. The van der Waals surface area contributed by atoms with Crippen LogP contribution in [0.3, 0.4) is 0 Å². The van der Waals surface area contributed by atoms with Crippen molar-refractivity contribution in [2.24, 2.45) is 46.5 Å². The molecule has 20 aromatic rings. The van der Waals surface area contributed by atoms with Crippen molar-refractivity contribution in [1.82, 2.24) is 24.9 Å². The van der Waals surface area contributed by atoms with Gasteiger partial charge in [-0.2, -0.15) is 0 Å². The quantitative estimate of drug-likeness (QED) is 0.0908. The summed E-state index contributed by atoms with van der Waals surface area (Å²) < 4.78 is 240. The van der Waals surface area contributed by atoms with Gasteiger partial charge in [-0.3, -0.25) is 0 Å². The first kappa shape index (κ1) is 65.2. The van der Waals surface area contributed by atoms with E-state index in [0.717, 1.165) is 195 Å². The zero-order valence-corrected chi connectivity index (χ0v) is 78.9. The molecule has 0 amide bonds. The molecule has 0 aliphatic heterocycles. The van der Waals surface area contributed by atoms with E-state index in [1.54, 1.807) is 44.3 Å². The van der Waals surface area contributed by atoms with E-state index < -0.39 is 72.0 Å². The average molecular weight is 1800 g/mol. The fourth-order valence-corrected chi connectivity index (χ4v) is 17.7. The van der Waals surface area contributed by atoms with Crippen LogP contribution >= 0.6 is 0 Å². The summed E-state index contributed by atoms with van der Waals surface area (Å²) in [7, 11) is 9.51. The van der Waals surface area contributed by atoms with Gasteiger partial charge >= 0.3 is 0 Å². The summed E-state index contributed by atoms with van der Waals surface area (Å²) in [6.45, 7) is 6.90. The highest BCUT2D eigenvalue weighted by Gasteiger charge is 2.30. The molecule has 15 aromatic heterocycles. The molecule has 15 heterocycles. The highest BCUT2D eigenvalue weighted by Crippen LogP contribution is 2.44. The molecule has 20 rings (SSSR count). The summed E-state index contributed by atoms with van der Waals surface area (Å²) in [4.78, 5) is 23.1. The molecule has 0 spiro atoms. The predicted molar refractivity (Wildman–Crippen MR) is 545 cm³/mol. The van der Waals surface area contributed by atoms with Crippen molar-refractivity contribution >= 4 is 110 Å². The van der Waals surface area contributed by atoms with Crippen LogP contribution in [0.4, 0.5) is 0 Å². The van der Waals surface area contributed by atoms with Crippen LogP contribution in [-0.2, 0) is 92.0 Å². The largest absolute Gasteiger partial charge is 0.437 e. The molecule has 5 aromatic carbocycles. The Morgan fingerprint density at radius 3 is 0.887 bits per heavy atom. The average Bonchev–Trinajstić information content (AvgIpc) is 1.73. The van der Waals surface area contributed by atoms with Gasteiger partial charge in [0.2, 0.25) is 57.0 Å². The Balaban J connectivity index is 0.000000140. The van der Waals surface area contributed by atoms with Crippen molar-refractivity contribution in [1.29, 1.82) is 0 Å². The van der Waals surface area contributed by atoms with E-state index in [-0.39, 0.29) is 50.4 Å². The van der Waals surface area contributed by atoms with Gasteiger partial charge in [0.1, 0.15) is 35.2 Å². The number of hydrogen-bond donors (Lipinski definition) is 0. The van der Waals surface area contributed by atoms with Crippen LogP contribution in [0.2, 0.25) is 0 Å². The molecular weight excluding hydrogens is 1640 g/mol. The van der Waals surface area contributed by atoms with Crippen LogP contribution in [0.25, 0.3) is 167 Å². The van der Waals surface area contributed by atoms with E-state index in [1.807, 2.05) is 213 Å². The molecule has 0 radical (unpaired) electrons. The second-order valence-corrected chi connectivity index (χ2v) is 36.4. The topological polar surface area (TPSA) is 150 Å². The third kappa shape index (κ3) is 18.8. The molecule has 0 saturated carbocycles. The lowest BCUT2D eigenvalue weighted by Crippen LogP contribution is -2.31. The fraction of sp³-hybridized carbons (Fsp3) is 0.322. The maximum atomic E-state index is 8.26. The van der Waals surface area contributed by atoms with Gasteiger partial charge in [-0.15, -0.1) is 0 Å². The Kier molecular flexibility index (Phi) is 18.7. The van der Waals surface area contributed by atoms with Crippen molar-refractivity contribution in [2.75, 3.05) is 0 Å². The van der Waals surface area contributed by atoms with Gasteiger partial charge in [0.25, 0.3) is 0 Å². The van der Waals surface area contributed by atoms with Crippen LogP contribution in [0.5, 0.6) is 0 Å². The third-order valence-electron chi connectivity index (χ3n) is 24.6. The van der Waals surface area contributed by atoms with Gasteiger partial charge in [-0.25, -0.2) is 47.8 Å². The fourth-order valence-electron chi connectivity index (χ4n) is 17.7. The van der Waals surface area contributed by atoms with Crippen LogP contribution in [-0.4, -0.2) is 24.9 Å². The van der Waals surface area contributed by atoms with Crippen LogP contribution in [0, 0.1) is 45.9 Å². The van der Waals surface area contributed by atoms with E-state index in [1.165, 1.54) is 13.8 Å². The van der Waals surface area contributed by atoms with E-state index in [9.17, 15) is 0 Å². The molecule has 0 N–H and O–H groups in total. The molecule has 0 fully saturated rings. The van der Waals surface area contributed by atoms with Gasteiger partial charge in [-0.1, -0.05) is 171 Å². The minimum Gasteiger partial charge on any atom is -0.437 e. The summed E-state index contributed by atoms with van der Waals surface area (Å²) in [5, 5.41) is 9.20. The van der Waals surface area contributed by atoms with Gasteiger partial charge in [0.15, 0.2) is 58.9 Å². The van der Waals surface area contributed by atoms with Gasteiger partial charge in [-0.05, 0) is 222 Å². The summed E-state index contributed by atoms with van der Waals surface area (Å²) in [6.07, 6.45) is 9.92. The molecule has 15 nitrogen and oxygen atoms in total. The van der Waals surface area contributed by atoms with Crippen LogP contribution in [0.15, 0.2) is 235 Å². The first-order valence-corrected chi connectivity index (χ1v) is 44.8. The Bertz CT molecular complexity index is 8760. The summed E-state index contributed by atoms with van der Waals surface area (Å²) >= 11 is 0. The van der Waals surface area contributed by atoms with Crippen LogP contribution in [0.1, 0.15) is 236 Å². The van der Waals surface area contributed by atoms with E-state index >= 15 is 0 Å². The van der Waals surface area contributed by atoms with E-state index in [2.05, 4.69) is 110 Å². The van der Waals surface area contributed by atoms with Crippen molar-refractivity contribution in [2.45, 2.75) is 207 Å². The zero-order chi connectivity index (χ0) is 116. The normalized spacial score (nSPS) is 16.1. The SMILES string of the molecule is [2H]C([2H])([2H])Cc1ccc(-c2c(C)ccc3c2oc2nc(C(C)(C)C)ccc23)[n+](C)c1.[2H]C([2H])([2H])Cc1ccc(-c2c(C)ccc3c2oc2nc(C([2H])(C)C)ccc23)[n+](C)c1.[2H]C([2H])([2H])Cc1ccc(-c2c(C)ccc3c2oc2nc(CC(C)(C([2H])([2H])[2H])C([2H])([2H])[2H])ccc23)[n+](C)c1.[2H]C([2H])([2H])Cc1ccc(-c2c(C)ccc3c2oc2nc(CC([2H])(C)C([2H])([2H])[2H])ccc23)[n+](C)c1.[2H]C([2H])([2H])Cc1ccc(-c2c(C)ccc3c2oc2nc(CC)ccc23)[n+](C)c1. The minimum absolute atomic E-state index is 0.00714. The highest BCUT2D eigenvalue weighted by atomic mass is 16.4. The Labute approximate surface area is 819 Å². The smallest absolute Gasteiger partial charge is 0.227 e. The number of benzene rings is 5. The number of fused-ring (bicyclic) bond motifs is 15. The standard InChI is InChI=1S/C25H29N2O.2C24H27N2O.C23H25N2O.C22H23N2O/c1-7-17-9-13-21(27(6)15-17)22-16(2)8-11-19-20-12-10-18(14-25(3,4)5)26-24(20)28-23(19)22;1-7-16-9-12-19(26(6)14-16)21-15(2)8-10-17-18-11-13-20(24(3,4)5)25-23(18)27-22(17)21;1-6-17-8-12-21(26(5)14-17)22-16(4)7-10-19-20-11-9-18(13-15(2)3)25-24(20)27-23(19)22;1-6-16-8-12-20(25(5)13-16)21-15(4)7-9-17-18-10-11-19(14(2)3)24-23(18)26-22(17)21;1-5-15-8-12-19(24(4)13-15)20-14(3)7-10-17-18-11-9-16(6-2)23-22(18)25-21(17)20/h8-13,15H,7,14H2,1-6H3;8-14H,7H2,1-6H3;7-12,14-15H,6,13H2,1-5H3;7-14H,6H2,1-5H3;7-13H,5-6H2,1-4H3/q5*+1/i1D3,3D3,4D3;1D3;1D3,2D3,15D;1D3,14D;1D3. The zero-order valence-electron chi connectivity index (χ0n) is 105. The molecule has 0 aliphatic carbocycles. The van der Waals surface area contributed by atoms with Crippen molar-refractivity contribution in [3.8, 4) is 56.3 Å². The Morgan fingerprint density at radius 2 is 0.594 bits per heavy atom. The molecule has 15 heteroatoms. The lowest BCUT2D eigenvalue weighted by atomic mass is 9.90. The van der Waals surface area contributed by atoms with Crippen molar-refractivity contribution < 1.29 is 80.6 Å². The first-order valence-electron chi connectivity index (χ1n) is 57.8. The molecule has 133 heavy (non-hydrogen) atoms. The second-order valence-electron chi connectivity index (χ2n) is 36.4. The number of nitrogens with zero attached hydrogens (tertiary/aromatic N) is 10. The highest BCUT2D eigenvalue weighted by molar-refractivity contribution is 6.13. The van der Waals surface area contributed by atoms with Gasteiger partial charge in [0.05, 0.1) is 27.8 Å². The predicted octanol–water partition coefficient (Wildman–Crippen LogP) is 27.5. The molecule has 1 atom stereocenters. The maximum Gasteiger partial charge on any atom is 0.227 e. The molecule has 0 aliphatic rings. The lowest BCUT2D eigenvalue weighted by molar-refractivity contribution is -0.660. The number of pyridine rings is 10. The number of rotatable bonds is 15. The third-order valence-corrected chi connectivity index (χ3v) is 24.6. The summed E-state index contributed by atoms with van der Waals surface area (Å²) in [5.74, 6) is -2.47. The minimum atomic E-state index is -2.71. The Hall–Kier alpha value is -13.4. The number of furan rings is 5. The van der Waals surface area contributed by atoms with E-state index in [4.69, 9.17) is 62.7 Å². The van der Waals surface area contributed by atoms with Gasteiger partial charge < -0.3 is 22.1 Å². The summed E-state index contributed by atoms with van der Waals surface area (Å²) in [6, 6.07) is 58.4. The van der Waals surface area contributed by atoms with Crippen molar-refractivity contribution in [3.63, 3.8) is 0 Å². The maximum absolute atomic E-state index is 8.26. The van der Waals surface area contributed by atoms with E-state index in [0.29, 0.717) is 62.4 Å². The second kappa shape index (κ2) is 38.1. The lowest BCUT2D eigenvalue weighted by Gasteiger charge is -2.16. The molecule has 678 valence electrons. The molecule has 0 bridgehead atoms. The first-order chi connectivity index (χ1) is 73.7. The molecular formula is C118H131N10O5+5. The molecule has 0 saturated heterocycles. The monoisotopic (exact) mass is 1790 g/mol. The number of aromatic nitrogens is 10. The van der Waals surface area contributed by atoms with Gasteiger partial charge in [0, 0.05) is 182 Å². The molecule has 1 unspecified atom stereocenters. The van der Waals surface area contributed by atoms with Crippen LogP contribution < -0.4 is 22.8 Å². The number of hydrogen-bond acceptors (Lipinski definition) is 10.